The predicted octanol–water partition coefficient (Wildman–Crippen LogP) is 1.22. The molecule has 0 saturated carbocycles. The maximum absolute atomic E-state index is 11.9. The zero-order valence-corrected chi connectivity index (χ0v) is 11.7. The van der Waals surface area contributed by atoms with Gasteiger partial charge in [0, 0.05) is 13.1 Å². The average molecular weight is 277 g/mol. The fraction of sp³-hybridized carbons (Fsp3) is 0.467. The second-order valence-electron chi connectivity index (χ2n) is 4.91. The first-order valence-electron chi connectivity index (χ1n) is 6.59. The van der Waals surface area contributed by atoms with Crippen LogP contribution >= 0.6 is 0 Å². The summed E-state index contributed by atoms with van der Waals surface area (Å²) in [4.78, 5) is 25.5. The van der Waals surface area contributed by atoms with E-state index < -0.39 is 0 Å². The average Bonchev–Trinajstić information content (AvgIpc) is 2.90. The lowest BCUT2D eigenvalue weighted by Crippen LogP contribution is -2.36. The third-order valence-corrected chi connectivity index (χ3v) is 3.64. The van der Waals surface area contributed by atoms with Gasteiger partial charge in [-0.25, -0.2) is 0 Å². The third kappa shape index (κ3) is 3.17. The molecule has 20 heavy (non-hydrogen) atoms. The molecule has 0 spiro atoms. The Hall–Kier alpha value is -1.88. The molecule has 1 heterocycles. The quantitative estimate of drug-likeness (QED) is 0.775. The van der Waals surface area contributed by atoms with E-state index in [1.165, 1.54) is 14.2 Å². The van der Waals surface area contributed by atoms with Crippen molar-refractivity contribution in [1.29, 1.82) is 0 Å². The van der Waals surface area contributed by atoms with Crippen LogP contribution in [0.3, 0.4) is 0 Å². The monoisotopic (exact) mass is 277 g/mol. The summed E-state index contributed by atoms with van der Waals surface area (Å²) < 4.78 is 9.61. The number of rotatable bonds is 4. The molecule has 2 rings (SSSR count). The molecule has 0 aromatic heterocycles. The van der Waals surface area contributed by atoms with E-state index in [2.05, 4.69) is 0 Å². The molecule has 0 radical (unpaired) electrons. The number of hydrogen-bond acceptors (Lipinski definition) is 5. The van der Waals surface area contributed by atoms with Gasteiger partial charge in [0.25, 0.3) is 0 Å². The molecule has 2 atom stereocenters. The maximum atomic E-state index is 11.9. The Balaban J connectivity index is 2.11. The third-order valence-electron chi connectivity index (χ3n) is 3.64. The minimum atomic E-state index is -0.385. The number of likely N-dealkylation sites (tertiary alicyclic amines) is 1. The van der Waals surface area contributed by atoms with Crippen molar-refractivity contribution in [3.05, 3.63) is 35.9 Å². The van der Waals surface area contributed by atoms with Gasteiger partial charge in [-0.3, -0.25) is 14.5 Å². The highest BCUT2D eigenvalue weighted by Crippen LogP contribution is 2.26. The lowest BCUT2D eigenvalue weighted by Gasteiger charge is -2.22. The minimum absolute atomic E-state index is 0.269. The van der Waals surface area contributed by atoms with Gasteiger partial charge in [-0.2, -0.15) is 0 Å². The van der Waals surface area contributed by atoms with E-state index in [1.807, 2.05) is 35.2 Å². The molecule has 0 amide bonds. The molecule has 0 unspecified atom stereocenters. The Morgan fingerprint density at radius 1 is 1.15 bits per heavy atom. The van der Waals surface area contributed by atoms with Crippen LogP contribution in [0.5, 0.6) is 0 Å². The highest BCUT2D eigenvalue weighted by molar-refractivity contribution is 5.79. The summed E-state index contributed by atoms with van der Waals surface area (Å²) in [5.74, 6) is -0.838. The molecule has 0 bridgehead atoms. The van der Waals surface area contributed by atoms with Gasteiger partial charge in [0.15, 0.2) is 0 Å². The summed E-state index contributed by atoms with van der Waals surface area (Å²) >= 11 is 0. The molecule has 108 valence electrons. The molecule has 1 saturated heterocycles. The van der Waals surface area contributed by atoms with E-state index in [0.29, 0.717) is 19.5 Å². The molecule has 1 aromatic rings. The summed E-state index contributed by atoms with van der Waals surface area (Å²) in [5, 5.41) is 0. The summed E-state index contributed by atoms with van der Waals surface area (Å²) in [6.45, 7) is 1.13. The Morgan fingerprint density at radius 3 is 2.40 bits per heavy atom. The van der Waals surface area contributed by atoms with Gasteiger partial charge in [-0.05, 0) is 12.0 Å². The van der Waals surface area contributed by atoms with Crippen LogP contribution in [0.1, 0.15) is 12.0 Å². The molecule has 1 aliphatic heterocycles. The number of esters is 2. The van der Waals surface area contributed by atoms with Crippen molar-refractivity contribution in [2.24, 2.45) is 5.92 Å². The van der Waals surface area contributed by atoms with Crippen molar-refractivity contribution in [3.63, 3.8) is 0 Å². The summed E-state index contributed by atoms with van der Waals surface area (Å²) in [5.41, 5.74) is 1.10. The minimum Gasteiger partial charge on any atom is -0.469 e. The van der Waals surface area contributed by atoms with Gasteiger partial charge in [-0.15, -0.1) is 0 Å². The lowest BCUT2D eigenvalue weighted by atomic mass is 10.1. The van der Waals surface area contributed by atoms with Crippen molar-refractivity contribution in [2.75, 3.05) is 20.8 Å². The van der Waals surface area contributed by atoms with E-state index in [4.69, 9.17) is 9.47 Å². The molecule has 0 N–H and O–H groups in total. The first kappa shape index (κ1) is 14.5. The summed E-state index contributed by atoms with van der Waals surface area (Å²) in [7, 11) is 2.74. The highest BCUT2D eigenvalue weighted by Gasteiger charge is 2.41. The van der Waals surface area contributed by atoms with E-state index in [1.54, 1.807) is 0 Å². The molecule has 0 aliphatic carbocycles. The molecular formula is C15H19NO4. The van der Waals surface area contributed by atoms with Crippen LogP contribution in [0.4, 0.5) is 0 Å². The van der Waals surface area contributed by atoms with Gasteiger partial charge < -0.3 is 9.47 Å². The topological polar surface area (TPSA) is 55.8 Å². The molecule has 1 fully saturated rings. The standard InChI is InChI=1S/C15H19NO4/c1-19-14(17)12-8-13(15(18)20-2)16(10-12)9-11-6-4-3-5-7-11/h3-7,12-13H,8-10H2,1-2H3/t12-,13-/m0/s1. The van der Waals surface area contributed by atoms with Crippen molar-refractivity contribution in [2.45, 2.75) is 19.0 Å². The van der Waals surface area contributed by atoms with E-state index in [-0.39, 0.29) is 23.9 Å². The molecular weight excluding hydrogens is 258 g/mol. The first-order chi connectivity index (χ1) is 9.65. The second-order valence-corrected chi connectivity index (χ2v) is 4.91. The Labute approximate surface area is 118 Å². The lowest BCUT2D eigenvalue weighted by molar-refractivity contribution is -0.146. The molecule has 1 aliphatic rings. The number of ether oxygens (including phenoxy) is 2. The smallest absolute Gasteiger partial charge is 0.323 e. The van der Waals surface area contributed by atoms with Crippen LogP contribution < -0.4 is 0 Å². The Kier molecular flexibility index (Phi) is 4.74. The second kappa shape index (κ2) is 6.52. The van der Waals surface area contributed by atoms with Crippen molar-refractivity contribution < 1.29 is 19.1 Å². The summed E-state index contributed by atoms with van der Waals surface area (Å²) in [6, 6.07) is 9.47. The Bertz CT molecular complexity index is 474. The maximum Gasteiger partial charge on any atom is 0.323 e. The van der Waals surface area contributed by atoms with Crippen molar-refractivity contribution in [3.8, 4) is 0 Å². The predicted molar refractivity (Wildman–Crippen MR) is 72.8 cm³/mol. The largest absolute Gasteiger partial charge is 0.469 e. The van der Waals surface area contributed by atoms with E-state index in [0.717, 1.165) is 5.56 Å². The fourth-order valence-corrected chi connectivity index (χ4v) is 2.61. The number of nitrogens with zero attached hydrogens (tertiary/aromatic N) is 1. The van der Waals surface area contributed by atoms with Gasteiger partial charge >= 0.3 is 11.9 Å². The van der Waals surface area contributed by atoms with Gasteiger partial charge in [0.05, 0.1) is 20.1 Å². The summed E-state index contributed by atoms with van der Waals surface area (Å²) in [6.07, 6.45) is 0.451. The fourth-order valence-electron chi connectivity index (χ4n) is 2.61. The van der Waals surface area contributed by atoms with Crippen LogP contribution in [0.2, 0.25) is 0 Å². The molecule has 5 heteroatoms. The number of hydrogen-bond donors (Lipinski definition) is 0. The zero-order chi connectivity index (χ0) is 14.5. The van der Waals surface area contributed by atoms with Gasteiger partial charge in [0.2, 0.25) is 0 Å². The molecule has 1 aromatic carbocycles. The molecule has 5 nitrogen and oxygen atoms in total. The van der Waals surface area contributed by atoms with Crippen LogP contribution in [0.25, 0.3) is 0 Å². The SMILES string of the molecule is COC(=O)[C@H]1C[C@@H](C(=O)OC)N(Cc2ccccc2)C1. The Morgan fingerprint density at radius 2 is 1.80 bits per heavy atom. The van der Waals surface area contributed by atoms with Gasteiger partial charge in [0.1, 0.15) is 6.04 Å². The zero-order valence-electron chi connectivity index (χ0n) is 11.7. The van der Waals surface area contributed by atoms with Crippen LogP contribution in [0.15, 0.2) is 30.3 Å². The number of carbonyl (C=O) groups excluding carboxylic acids is 2. The van der Waals surface area contributed by atoms with Gasteiger partial charge in [-0.1, -0.05) is 30.3 Å². The number of carbonyl (C=O) groups is 2. The van der Waals surface area contributed by atoms with Crippen LogP contribution in [-0.2, 0) is 25.6 Å². The number of benzene rings is 1. The van der Waals surface area contributed by atoms with Crippen LogP contribution in [0, 0.1) is 5.92 Å². The first-order valence-corrected chi connectivity index (χ1v) is 6.59. The number of methoxy groups -OCH3 is 2. The normalized spacial score (nSPS) is 22.5. The van der Waals surface area contributed by atoms with E-state index in [9.17, 15) is 9.59 Å². The van der Waals surface area contributed by atoms with Crippen molar-refractivity contribution in [1.82, 2.24) is 4.90 Å². The highest BCUT2D eigenvalue weighted by atomic mass is 16.5. The van der Waals surface area contributed by atoms with E-state index >= 15 is 0 Å². The van der Waals surface area contributed by atoms with Crippen LogP contribution in [-0.4, -0.2) is 43.6 Å². The van der Waals surface area contributed by atoms with Crippen molar-refractivity contribution >= 4 is 11.9 Å².